The summed E-state index contributed by atoms with van der Waals surface area (Å²) >= 11 is 0. The van der Waals surface area contributed by atoms with E-state index in [9.17, 15) is 0 Å². The van der Waals surface area contributed by atoms with Crippen LogP contribution in [0.25, 0.3) is 21.5 Å². The SMILES string of the molecule is C(=NCc1cccc2ccccc12)c1cccc2ccccc12. The van der Waals surface area contributed by atoms with Gasteiger partial charge in [0.25, 0.3) is 0 Å². The summed E-state index contributed by atoms with van der Waals surface area (Å²) in [6.45, 7) is 0.699. The molecule has 23 heavy (non-hydrogen) atoms. The Kier molecular flexibility index (Phi) is 3.61. The van der Waals surface area contributed by atoms with Crippen molar-refractivity contribution in [2.75, 3.05) is 0 Å². The van der Waals surface area contributed by atoms with Gasteiger partial charge in [-0.05, 0) is 27.1 Å². The van der Waals surface area contributed by atoms with Crippen molar-refractivity contribution in [2.24, 2.45) is 4.99 Å². The molecule has 0 bridgehead atoms. The van der Waals surface area contributed by atoms with E-state index in [2.05, 4.69) is 89.9 Å². The van der Waals surface area contributed by atoms with Crippen molar-refractivity contribution in [2.45, 2.75) is 6.54 Å². The van der Waals surface area contributed by atoms with Gasteiger partial charge in [0.05, 0.1) is 6.54 Å². The molecule has 0 unspecified atom stereocenters. The number of benzene rings is 4. The minimum absolute atomic E-state index is 0.699. The van der Waals surface area contributed by atoms with Gasteiger partial charge in [-0.3, -0.25) is 4.99 Å². The molecule has 0 aromatic heterocycles. The van der Waals surface area contributed by atoms with Gasteiger partial charge in [0.15, 0.2) is 0 Å². The molecule has 0 atom stereocenters. The fourth-order valence-electron chi connectivity index (χ4n) is 3.04. The molecule has 4 rings (SSSR count). The standard InChI is InChI=1S/C22H17N/c1-3-13-21-17(7-1)9-5-11-19(21)15-23-16-20-12-6-10-18-8-2-4-14-22(18)20/h1-15H,16H2. The van der Waals surface area contributed by atoms with Crippen molar-refractivity contribution in [1.82, 2.24) is 0 Å². The zero-order chi connectivity index (χ0) is 15.5. The molecule has 4 aromatic rings. The summed E-state index contributed by atoms with van der Waals surface area (Å²) in [5.41, 5.74) is 2.43. The number of fused-ring (bicyclic) bond motifs is 2. The Morgan fingerprint density at radius 2 is 1.22 bits per heavy atom. The largest absolute Gasteiger partial charge is 0.288 e. The van der Waals surface area contributed by atoms with Gasteiger partial charge in [-0.1, -0.05) is 84.9 Å². The summed E-state index contributed by atoms with van der Waals surface area (Å²) in [7, 11) is 0. The smallest absolute Gasteiger partial charge is 0.0645 e. The van der Waals surface area contributed by atoms with E-state index in [1.54, 1.807) is 0 Å². The first-order valence-electron chi connectivity index (χ1n) is 7.86. The van der Waals surface area contributed by atoms with Crippen LogP contribution in [0.2, 0.25) is 0 Å². The topological polar surface area (TPSA) is 12.4 Å². The van der Waals surface area contributed by atoms with Gasteiger partial charge in [-0.2, -0.15) is 0 Å². The predicted molar refractivity (Wildman–Crippen MR) is 99.2 cm³/mol. The lowest BCUT2D eigenvalue weighted by molar-refractivity contribution is 1.09. The van der Waals surface area contributed by atoms with Gasteiger partial charge in [0.1, 0.15) is 0 Å². The van der Waals surface area contributed by atoms with E-state index >= 15 is 0 Å². The van der Waals surface area contributed by atoms with E-state index in [-0.39, 0.29) is 0 Å². The average molecular weight is 295 g/mol. The second-order valence-electron chi connectivity index (χ2n) is 5.68. The van der Waals surface area contributed by atoms with Gasteiger partial charge in [-0.25, -0.2) is 0 Å². The fraction of sp³-hybridized carbons (Fsp3) is 0.0455. The first-order valence-corrected chi connectivity index (χ1v) is 7.86. The Morgan fingerprint density at radius 1 is 0.609 bits per heavy atom. The van der Waals surface area contributed by atoms with Crippen LogP contribution in [-0.2, 0) is 6.54 Å². The molecule has 0 N–H and O–H groups in total. The molecule has 4 aromatic carbocycles. The van der Waals surface area contributed by atoms with Gasteiger partial charge >= 0.3 is 0 Å². The highest BCUT2D eigenvalue weighted by molar-refractivity contribution is 5.99. The number of hydrogen-bond donors (Lipinski definition) is 0. The molecule has 0 saturated heterocycles. The molecule has 0 aliphatic rings. The van der Waals surface area contributed by atoms with Crippen LogP contribution >= 0.6 is 0 Å². The van der Waals surface area contributed by atoms with Gasteiger partial charge in [0, 0.05) is 11.8 Å². The molecular formula is C22H17N. The van der Waals surface area contributed by atoms with Crippen LogP contribution in [0.1, 0.15) is 11.1 Å². The van der Waals surface area contributed by atoms with Crippen molar-refractivity contribution < 1.29 is 0 Å². The Morgan fingerprint density at radius 3 is 2.04 bits per heavy atom. The molecular weight excluding hydrogens is 278 g/mol. The van der Waals surface area contributed by atoms with Crippen molar-refractivity contribution in [3.8, 4) is 0 Å². The van der Waals surface area contributed by atoms with Gasteiger partial charge < -0.3 is 0 Å². The Balaban J connectivity index is 1.66. The number of rotatable bonds is 3. The van der Waals surface area contributed by atoms with Crippen LogP contribution < -0.4 is 0 Å². The van der Waals surface area contributed by atoms with Crippen molar-refractivity contribution in [3.63, 3.8) is 0 Å². The van der Waals surface area contributed by atoms with Crippen LogP contribution in [0.5, 0.6) is 0 Å². The van der Waals surface area contributed by atoms with E-state index in [0.29, 0.717) is 6.54 Å². The number of aliphatic imine (C=N–C) groups is 1. The molecule has 1 heteroatoms. The van der Waals surface area contributed by atoms with E-state index in [1.165, 1.54) is 32.7 Å². The predicted octanol–water partition coefficient (Wildman–Crippen LogP) is 5.61. The molecule has 0 fully saturated rings. The van der Waals surface area contributed by atoms with Crippen LogP contribution in [0.15, 0.2) is 89.9 Å². The maximum absolute atomic E-state index is 4.69. The Labute approximate surface area is 135 Å². The van der Waals surface area contributed by atoms with E-state index in [1.807, 2.05) is 6.21 Å². The highest BCUT2D eigenvalue weighted by Gasteiger charge is 2.00. The summed E-state index contributed by atoms with van der Waals surface area (Å²) in [5.74, 6) is 0. The number of nitrogens with zero attached hydrogens (tertiary/aromatic N) is 1. The summed E-state index contributed by atoms with van der Waals surface area (Å²) in [5, 5.41) is 5.05. The lowest BCUT2D eigenvalue weighted by Crippen LogP contribution is -1.88. The van der Waals surface area contributed by atoms with Crippen molar-refractivity contribution >= 4 is 27.8 Å². The normalized spacial score (nSPS) is 11.5. The minimum atomic E-state index is 0.699. The fourth-order valence-corrected chi connectivity index (χ4v) is 3.04. The Bertz CT molecular complexity index is 988. The third kappa shape index (κ3) is 2.74. The summed E-state index contributed by atoms with van der Waals surface area (Å²) in [4.78, 5) is 4.69. The number of hydrogen-bond acceptors (Lipinski definition) is 1. The lowest BCUT2D eigenvalue weighted by Gasteiger charge is -2.04. The Hall–Kier alpha value is -2.93. The average Bonchev–Trinajstić information content (AvgIpc) is 2.62. The highest BCUT2D eigenvalue weighted by atomic mass is 14.7. The van der Waals surface area contributed by atoms with Gasteiger partial charge in [0.2, 0.25) is 0 Å². The highest BCUT2D eigenvalue weighted by Crippen LogP contribution is 2.20. The van der Waals surface area contributed by atoms with Crippen LogP contribution in [-0.4, -0.2) is 6.21 Å². The van der Waals surface area contributed by atoms with Crippen molar-refractivity contribution in [3.05, 3.63) is 96.1 Å². The summed E-state index contributed by atoms with van der Waals surface area (Å²) in [6.07, 6.45) is 1.99. The van der Waals surface area contributed by atoms with Crippen LogP contribution in [0.4, 0.5) is 0 Å². The van der Waals surface area contributed by atoms with E-state index in [4.69, 9.17) is 0 Å². The molecule has 0 radical (unpaired) electrons. The minimum Gasteiger partial charge on any atom is -0.288 e. The molecule has 0 spiro atoms. The van der Waals surface area contributed by atoms with Crippen LogP contribution in [0, 0.1) is 0 Å². The first-order chi connectivity index (χ1) is 11.4. The van der Waals surface area contributed by atoms with Crippen LogP contribution in [0.3, 0.4) is 0 Å². The van der Waals surface area contributed by atoms with Crippen molar-refractivity contribution in [1.29, 1.82) is 0 Å². The second kappa shape index (κ2) is 6.05. The van der Waals surface area contributed by atoms with E-state index in [0.717, 1.165) is 0 Å². The molecule has 0 aliphatic heterocycles. The van der Waals surface area contributed by atoms with E-state index < -0.39 is 0 Å². The monoisotopic (exact) mass is 295 g/mol. The quantitative estimate of drug-likeness (QED) is 0.435. The third-order valence-electron chi connectivity index (χ3n) is 4.20. The molecule has 110 valence electrons. The molecule has 0 heterocycles. The first kappa shape index (κ1) is 13.7. The molecule has 1 nitrogen and oxygen atoms in total. The zero-order valence-electron chi connectivity index (χ0n) is 12.8. The molecule has 0 aliphatic carbocycles. The molecule has 0 amide bonds. The maximum Gasteiger partial charge on any atom is 0.0645 e. The molecule has 0 saturated carbocycles. The maximum atomic E-state index is 4.69. The second-order valence-corrected chi connectivity index (χ2v) is 5.68. The summed E-state index contributed by atoms with van der Waals surface area (Å²) < 4.78 is 0. The lowest BCUT2D eigenvalue weighted by atomic mass is 10.0. The summed E-state index contributed by atoms with van der Waals surface area (Å²) in [6, 6.07) is 29.6. The van der Waals surface area contributed by atoms with Gasteiger partial charge in [-0.15, -0.1) is 0 Å². The zero-order valence-corrected chi connectivity index (χ0v) is 12.8. The third-order valence-corrected chi connectivity index (χ3v) is 4.20.